The van der Waals surface area contributed by atoms with Crippen molar-refractivity contribution in [2.45, 2.75) is 51.1 Å². The van der Waals surface area contributed by atoms with Gasteiger partial charge in [0, 0.05) is 26.3 Å². The molecule has 1 aliphatic heterocycles. The minimum atomic E-state index is -0.970. The van der Waals surface area contributed by atoms with E-state index < -0.39 is 12.0 Å². The number of carbonyl (C=O) groups is 2. The van der Waals surface area contributed by atoms with Gasteiger partial charge in [-0.25, -0.2) is 9.59 Å². The van der Waals surface area contributed by atoms with Crippen molar-refractivity contribution in [2.75, 3.05) is 20.3 Å². The van der Waals surface area contributed by atoms with Gasteiger partial charge in [0.05, 0.1) is 0 Å². The predicted octanol–water partition coefficient (Wildman–Crippen LogP) is 1.45. The molecule has 19 heavy (non-hydrogen) atoms. The summed E-state index contributed by atoms with van der Waals surface area (Å²) >= 11 is 0. The molecule has 2 N–H and O–H groups in total. The van der Waals surface area contributed by atoms with Crippen LogP contribution in [0.25, 0.3) is 0 Å². The van der Waals surface area contributed by atoms with Crippen LogP contribution in [0, 0.1) is 0 Å². The van der Waals surface area contributed by atoms with Crippen molar-refractivity contribution in [3.05, 3.63) is 0 Å². The third-order valence-electron chi connectivity index (χ3n) is 3.50. The molecular weight excluding hydrogens is 248 g/mol. The van der Waals surface area contributed by atoms with E-state index in [9.17, 15) is 9.59 Å². The molecule has 1 aliphatic rings. The highest BCUT2D eigenvalue weighted by Gasteiger charge is 2.26. The van der Waals surface area contributed by atoms with Gasteiger partial charge >= 0.3 is 12.0 Å². The molecule has 0 spiro atoms. The van der Waals surface area contributed by atoms with Crippen molar-refractivity contribution >= 4 is 12.0 Å². The highest BCUT2D eigenvalue weighted by molar-refractivity contribution is 5.82. The van der Waals surface area contributed by atoms with Crippen LogP contribution in [-0.4, -0.2) is 54.4 Å². The molecule has 1 atom stereocenters. The molecule has 0 aliphatic carbocycles. The van der Waals surface area contributed by atoms with E-state index in [-0.39, 0.29) is 12.1 Å². The first-order valence-corrected chi connectivity index (χ1v) is 6.90. The molecule has 6 heteroatoms. The molecule has 1 fully saturated rings. The van der Waals surface area contributed by atoms with E-state index in [4.69, 9.17) is 9.84 Å². The van der Waals surface area contributed by atoms with E-state index in [0.717, 1.165) is 25.7 Å². The summed E-state index contributed by atoms with van der Waals surface area (Å²) in [6.07, 6.45) is 3.78. The van der Waals surface area contributed by atoms with Gasteiger partial charge in [-0.2, -0.15) is 0 Å². The SMILES string of the molecule is CCCC[C@H](NC(=O)N(C)C1CCOCC1)C(=O)O. The van der Waals surface area contributed by atoms with Gasteiger partial charge in [-0.15, -0.1) is 0 Å². The van der Waals surface area contributed by atoms with E-state index in [1.54, 1.807) is 11.9 Å². The van der Waals surface area contributed by atoms with E-state index >= 15 is 0 Å². The van der Waals surface area contributed by atoms with Gasteiger partial charge in [0.15, 0.2) is 0 Å². The van der Waals surface area contributed by atoms with Crippen molar-refractivity contribution in [1.82, 2.24) is 10.2 Å². The Morgan fingerprint density at radius 1 is 1.42 bits per heavy atom. The third-order valence-corrected chi connectivity index (χ3v) is 3.50. The molecule has 1 heterocycles. The number of aliphatic carboxylic acids is 1. The van der Waals surface area contributed by atoms with Gasteiger partial charge < -0.3 is 20.1 Å². The lowest BCUT2D eigenvalue weighted by atomic mass is 10.1. The van der Waals surface area contributed by atoms with E-state index in [1.807, 2.05) is 6.92 Å². The second-order valence-electron chi connectivity index (χ2n) is 4.94. The van der Waals surface area contributed by atoms with E-state index in [0.29, 0.717) is 19.6 Å². The zero-order valence-electron chi connectivity index (χ0n) is 11.7. The van der Waals surface area contributed by atoms with Crippen LogP contribution in [0.15, 0.2) is 0 Å². The van der Waals surface area contributed by atoms with Crippen LogP contribution in [-0.2, 0) is 9.53 Å². The molecule has 0 radical (unpaired) electrons. The lowest BCUT2D eigenvalue weighted by molar-refractivity contribution is -0.139. The normalized spacial score (nSPS) is 17.8. The second kappa shape index (κ2) is 7.99. The summed E-state index contributed by atoms with van der Waals surface area (Å²) in [7, 11) is 1.71. The predicted molar refractivity (Wildman–Crippen MR) is 71.1 cm³/mol. The summed E-state index contributed by atoms with van der Waals surface area (Å²) in [6.45, 7) is 3.30. The average molecular weight is 272 g/mol. The fourth-order valence-electron chi connectivity index (χ4n) is 2.15. The van der Waals surface area contributed by atoms with Gasteiger partial charge in [-0.05, 0) is 19.3 Å². The first-order chi connectivity index (χ1) is 9.06. The van der Waals surface area contributed by atoms with Crippen molar-refractivity contribution in [3.8, 4) is 0 Å². The number of rotatable bonds is 6. The number of carboxylic acid groups (broad SMARTS) is 1. The maximum atomic E-state index is 12.0. The van der Waals surface area contributed by atoms with Crippen LogP contribution in [0.5, 0.6) is 0 Å². The Hall–Kier alpha value is -1.30. The minimum absolute atomic E-state index is 0.134. The van der Waals surface area contributed by atoms with Gasteiger partial charge in [0.2, 0.25) is 0 Å². The molecular formula is C13H24N2O4. The Kier molecular flexibility index (Phi) is 6.62. The van der Waals surface area contributed by atoms with Gasteiger partial charge in [-0.3, -0.25) is 0 Å². The number of hydrogen-bond acceptors (Lipinski definition) is 3. The number of carbonyl (C=O) groups excluding carboxylic acids is 1. The number of nitrogens with one attached hydrogen (secondary N) is 1. The van der Waals surface area contributed by atoms with Gasteiger partial charge in [0.25, 0.3) is 0 Å². The maximum absolute atomic E-state index is 12.0. The standard InChI is InChI=1S/C13H24N2O4/c1-3-4-5-11(12(16)17)14-13(18)15(2)10-6-8-19-9-7-10/h10-11H,3-9H2,1-2H3,(H,14,18)(H,16,17)/t11-/m0/s1. The number of carboxylic acids is 1. The number of hydrogen-bond donors (Lipinski definition) is 2. The Balaban J connectivity index is 2.47. The highest BCUT2D eigenvalue weighted by atomic mass is 16.5. The zero-order valence-corrected chi connectivity index (χ0v) is 11.7. The lowest BCUT2D eigenvalue weighted by Gasteiger charge is -2.32. The summed E-state index contributed by atoms with van der Waals surface area (Å²) in [5.41, 5.74) is 0. The quantitative estimate of drug-likeness (QED) is 0.767. The van der Waals surface area contributed by atoms with Gasteiger partial charge in [-0.1, -0.05) is 19.8 Å². The monoisotopic (exact) mass is 272 g/mol. The van der Waals surface area contributed by atoms with Gasteiger partial charge in [0.1, 0.15) is 6.04 Å². The highest BCUT2D eigenvalue weighted by Crippen LogP contribution is 2.13. The Labute approximate surface area is 114 Å². The first-order valence-electron chi connectivity index (χ1n) is 6.90. The molecule has 6 nitrogen and oxygen atoms in total. The number of nitrogens with zero attached hydrogens (tertiary/aromatic N) is 1. The zero-order chi connectivity index (χ0) is 14.3. The Morgan fingerprint density at radius 3 is 2.58 bits per heavy atom. The fraction of sp³-hybridized carbons (Fsp3) is 0.846. The summed E-state index contributed by atoms with van der Waals surface area (Å²) < 4.78 is 5.25. The molecule has 2 amide bonds. The minimum Gasteiger partial charge on any atom is -0.480 e. The number of urea groups is 1. The molecule has 0 bridgehead atoms. The van der Waals surface area contributed by atoms with Crippen molar-refractivity contribution in [3.63, 3.8) is 0 Å². The van der Waals surface area contributed by atoms with E-state index in [2.05, 4.69) is 5.32 Å². The summed E-state index contributed by atoms with van der Waals surface area (Å²) in [4.78, 5) is 24.7. The Bertz CT molecular complexity index is 303. The molecule has 0 aromatic heterocycles. The van der Waals surface area contributed by atoms with Crippen LogP contribution in [0.1, 0.15) is 39.0 Å². The van der Waals surface area contributed by atoms with Crippen LogP contribution < -0.4 is 5.32 Å². The van der Waals surface area contributed by atoms with Crippen LogP contribution in [0.4, 0.5) is 4.79 Å². The second-order valence-corrected chi connectivity index (χ2v) is 4.94. The van der Waals surface area contributed by atoms with Crippen LogP contribution >= 0.6 is 0 Å². The van der Waals surface area contributed by atoms with Crippen molar-refractivity contribution in [2.24, 2.45) is 0 Å². The fourth-order valence-corrected chi connectivity index (χ4v) is 2.15. The molecule has 1 rings (SSSR count). The molecule has 110 valence electrons. The number of amides is 2. The molecule has 0 saturated carbocycles. The molecule has 0 aromatic rings. The maximum Gasteiger partial charge on any atom is 0.326 e. The lowest BCUT2D eigenvalue weighted by Crippen LogP contribution is -2.50. The van der Waals surface area contributed by atoms with Crippen molar-refractivity contribution in [1.29, 1.82) is 0 Å². The third kappa shape index (κ3) is 5.06. The molecule has 1 saturated heterocycles. The van der Waals surface area contributed by atoms with Crippen LogP contribution in [0.3, 0.4) is 0 Å². The Morgan fingerprint density at radius 2 is 2.05 bits per heavy atom. The summed E-state index contributed by atoms with van der Waals surface area (Å²) in [5.74, 6) is -0.970. The number of ether oxygens (including phenoxy) is 1. The van der Waals surface area contributed by atoms with Crippen molar-refractivity contribution < 1.29 is 19.4 Å². The topological polar surface area (TPSA) is 78.9 Å². The van der Waals surface area contributed by atoms with Crippen LogP contribution in [0.2, 0.25) is 0 Å². The summed E-state index contributed by atoms with van der Waals surface area (Å²) in [5, 5.41) is 11.7. The largest absolute Gasteiger partial charge is 0.480 e. The summed E-state index contributed by atoms with van der Waals surface area (Å²) in [6, 6.07) is -0.973. The van der Waals surface area contributed by atoms with E-state index in [1.165, 1.54) is 0 Å². The smallest absolute Gasteiger partial charge is 0.326 e. The molecule has 0 aromatic carbocycles. The first kappa shape index (κ1) is 15.8. The molecule has 0 unspecified atom stereocenters. The average Bonchev–Trinajstić information content (AvgIpc) is 2.43. The number of unbranched alkanes of at least 4 members (excludes halogenated alkanes) is 1.